The summed E-state index contributed by atoms with van der Waals surface area (Å²) in [6, 6.07) is 17.4. The monoisotopic (exact) mass is 496 g/mol. The maximum Gasteiger partial charge on any atom is 0.325 e. The van der Waals surface area contributed by atoms with Crippen LogP contribution in [-0.4, -0.2) is 36.8 Å². The number of halogens is 2. The standard InChI is InChI=1S/C26H22F2N2O6/c27-21-7-3-1-5-19(21)25(33)29-13-23(31)35-15-17-9-11-18(12-10-17)16-36-24(32)14-30-26(34)20-6-2-4-8-22(20)28/h1-12H,13-16H2,(H,29,33)(H,30,34). The van der Waals surface area contributed by atoms with E-state index >= 15 is 0 Å². The Balaban J connectivity index is 1.35. The zero-order chi connectivity index (χ0) is 25.9. The zero-order valence-electron chi connectivity index (χ0n) is 19.0. The molecule has 0 atom stereocenters. The van der Waals surface area contributed by atoms with Crippen LogP contribution in [0.3, 0.4) is 0 Å². The third-order valence-corrected chi connectivity index (χ3v) is 4.85. The summed E-state index contributed by atoms with van der Waals surface area (Å²) in [5.41, 5.74) is 0.954. The van der Waals surface area contributed by atoms with Crippen molar-refractivity contribution in [2.45, 2.75) is 13.2 Å². The van der Waals surface area contributed by atoms with E-state index in [2.05, 4.69) is 10.6 Å². The van der Waals surface area contributed by atoms with Crippen molar-refractivity contribution in [3.8, 4) is 0 Å². The van der Waals surface area contributed by atoms with E-state index in [1.54, 1.807) is 24.3 Å². The van der Waals surface area contributed by atoms with Gasteiger partial charge in [-0.3, -0.25) is 19.2 Å². The van der Waals surface area contributed by atoms with Gasteiger partial charge in [0.1, 0.15) is 37.9 Å². The Morgan fingerprint density at radius 3 is 1.31 bits per heavy atom. The third-order valence-electron chi connectivity index (χ3n) is 4.85. The molecule has 0 radical (unpaired) electrons. The number of carbonyl (C=O) groups excluding carboxylic acids is 4. The van der Waals surface area contributed by atoms with E-state index in [0.29, 0.717) is 11.1 Å². The van der Waals surface area contributed by atoms with E-state index in [1.165, 1.54) is 36.4 Å². The van der Waals surface area contributed by atoms with Crippen LogP contribution < -0.4 is 10.6 Å². The number of rotatable bonds is 10. The van der Waals surface area contributed by atoms with Gasteiger partial charge in [-0.25, -0.2) is 8.78 Å². The number of hydrogen-bond donors (Lipinski definition) is 2. The molecule has 2 N–H and O–H groups in total. The fourth-order valence-corrected chi connectivity index (χ4v) is 2.95. The molecule has 0 spiro atoms. The van der Waals surface area contributed by atoms with Gasteiger partial charge in [-0.1, -0.05) is 48.5 Å². The molecule has 0 fully saturated rings. The third kappa shape index (κ3) is 7.73. The predicted octanol–water partition coefficient (Wildman–Crippen LogP) is 2.91. The maximum atomic E-state index is 13.6. The first-order valence-corrected chi connectivity index (χ1v) is 10.8. The Morgan fingerprint density at radius 1 is 0.583 bits per heavy atom. The molecule has 0 unspecified atom stereocenters. The first-order chi connectivity index (χ1) is 17.3. The summed E-state index contributed by atoms with van der Waals surface area (Å²) in [5.74, 6) is -4.24. The van der Waals surface area contributed by atoms with Gasteiger partial charge in [-0.2, -0.15) is 0 Å². The summed E-state index contributed by atoms with van der Waals surface area (Å²) in [5, 5.41) is 4.59. The average Bonchev–Trinajstić information content (AvgIpc) is 2.89. The number of benzene rings is 3. The van der Waals surface area contributed by atoms with E-state index < -0.39 is 48.5 Å². The Morgan fingerprint density at radius 2 is 0.944 bits per heavy atom. The minimum atomic E-state index is -0.726. The van der Waals surface area contributed by atoms with Crippen LogP contribution in [0.25, 0.3) is 0 Å². The molecule has 0 saturated carbocycles. The summed E-state index contributed by atoms with van der Waals surface area (Å²) in [7, 11) is 0. The van der Waals surface area contributed by atoms with Crippen LogP contribution in [0.1, 0.15) is 31.8 Å². The predicted molar refractivity (Wildman–Crippen MR) is 124 cm³/mol. The van der Waals surface area contributed by atoms with Crippen LogP contribution in [0.15, 0.2) is 72.8 Å². The van der Waals surface area contributed by atoms with E-state index in [0.717, 1.165) is 12.1 Å². The van der Waals surface area contributed by atoms with Crippen molar-refractivity contribution in [3.63, 3.8) is 0 Å². The Labute approximate surface area is 205 Å². The van der Waals surface area contributed by atoms with Gasteiger partial charge >= 0.3 is 11.9 Å². The minimum absolute atomic E-state index is 0.0590. The lowest BCUT2D eigenvalue weighted by molar-refractivity contribution is -0.144. The first-order valence-electron chi connectivity index (χ1n) is 10.8. The van der Waals surface area contributed by atoms with Crippen LogP contribution in [0, 0.1) is 11.6 Å². The molecule has 10 heteroatoms. The number of ether oxygens (including phenoxy) is 2. The molecule has 36 heavy (non-hydrogen) atoms. The van der Waals surface area contributed by atoms with Crippen molar-refractivity contribution in [1.29, 1.82) is 0 Å². The van der Waals surface area contributed by atoms with Gasteiger partial charge in [-0.05, 0) is 35.4 Å². The van der Waals surface area contributed by atoms with Crippen LogP contribution in [0.2, 0.25) is 0 Å². The van der Waals surface area contributed by atoms with E-state index in [-0.39, 0.29) is 24.3 Å². The number of hydrogen-bond acceptors (Lipinski definition) is 6. The molecule has 0 bridgehead atoms. The highest BCUT2D eigenvalue weighted by Crippen LogP contribution is 2.09. The number of nitrogens with one attached hydrogen (secondary N) is 2. The van der Waals surface area contributed by atoms with Crippen molar-refractivity contribution in [2.75, 3.05) is 13.1 Å². The highest BCUT2D eigenvalue weighted by molar-refractivity contribution is 5.96. The molecular formula is C26H22F2N2O6. The van der Waals surface area contributed by atoms with Crippen molar-refractivity contribution >= 4 is 23.8 Å². The molecule has 0 aliphatic rings. The fraction of sp³-hybridized carbons (Fsp3) is 0.154. The SMILES string of the molecule is O=C(CNC(=O)c1ccccc1F)OCc1ccc(COC(=O)CNC(=O)c2ccccc2F)cc1. The number of carbonyl (C=O) groups is 4. The summed E-state index contributed by atoms with van der Waals surface area (Å²) in [4.78, 5) is 47.5. The van der Waals surface area contributed by atoms with Gasteiger partial charge in [0.15, 0.2) is 0 Å². The molecule has 3 aromatic rings. The van der Waals surface area contributed by atoms with E-state index in [1.807, 2.05) is 0 Å². The Hall–Kier alpha value is -4.60. The molecule has 0 aromatic heterocycles. The molecule has 0 aliphatic carbocycles. The Bertz CT molecular complexity index is 1150. The van der Waals surface area contributed by atoms with Crippen LogP contribution in [0.4, 0.5) is 8.78 Å². The van der Waals surface area contributed by atoms with Gasteiger partial charge in [0, 0.05) is 0 Å². The second-order valence-electron chi connectivity index (χ2n) is 7.46. The van der Waals surface area contributed by atoms with Crippen molar-refractivity contribution in [2.24, 2.45) is 0 Å². The molecule has 0 heterocycles. The fourth-order valence-electron chi connectivity index (χ4n) is 2.95. The van der Waals surface area contributed by atoms with Gasteiger partial charge in [0.05, 0.1) is 11.1 Å². The highest BCUT2D eigenvalue weighted by Gasteiger charge is 2.14. The van der Waals surface area contributed by atoms with Gasteiger partial charge in [-0.15, -0.1) is 0 Å². The second kappa shape index (κ2) is 12.7. The summed E-state index contributed by atoms with van der Waals surface area (Å²) >= 11 is 0. The van der Waals surface area contributed by atoms with Gasteiger partial charge < -0.3 is 20.1 Å². The molecular weight excluding hydrogens is 474 g/mol. The van der Waals surface area contributed by atoms with E-state index in [4.69, 9.17) is 9.47 Å². The minimum Gasteiger partial charge on any atom is -0.460 e. The quantitative estimate of drug-likeness (QED) is 0.418. The lowest BCUT2D eigenvalue weighted by Crippen LogP contribution is -2.31. The number of esters is 2. The van der Waals surface area contributed by atoms with Crippen LogP contribution in [-0.2, 0) is 32.3 Å². The molecule has 8 nitrogen and oxygen atoms in total. The molecule has 0 saturated heterocycles. The second-order valence-corrected chi connectivity index (χ2v) is 7.46. The summed E-state index contributed by atoms with van der Waals surface area (Å²) in [6.07, 6.45) is 0. The van der Waals surface area contributed by atoms with Crippen molar-refractivity contribution in [3.05, 3.63) is 107 Å². The molecule has 0 aliphatic heterocycles. The normalized spacial score (nSPS) is 10.3. The summed E-state index contributed by atoms with van der Waals surface area (Å²) in [6.45, 7) is -0.962. The van der Waals surface area contributed by atoms with E-state index in [9.17, 15) is 28.0 Å². The smallest absolute Gasteiger partial charge is 0.325 e. The van der Waals surface area contributed by atoms with Gasteiger partial charge in [0.25, 0.3) is 11.8 Å². The highest BCUT2D eigenvalue weighted by atomic mass is 19.1. The van der Waals surface area contributed by atoms with Crippen molar-refractivity contribution < 1.29 is 37.4 Å². The topological polar surface area (TPSA) is 111 Å². The number of amides is 2. The van der Waals surface area contributed by atoms with Gasteiger partial charge in [0.2, 0.25) is 0 Å². The summed E-state index contributed by atoms with van der Waals surface area (Å²) < 4.78 is 37.3. The van der Waals surface area contributed by atoms with Crippen LogP contribution >= 0.6 is 0 Å². The zero-order valence-corrected chi connectivity index (χ0v) is 19.0. The lowest BCUT2D eigenvalue weighted by Gasteiger charge is -2.09. The molecule has 186 valence electrons. The lowest BCUT2D eigenvalue weighted by atomic mass is 10.1. The van der Waals surface area contributed by atoms with Crippen molar-refractivity contribution in [1.82, 2.24) is 10.6 Å². The molecule has 3 rings (SSSR count). The Kier molecular flexibility index (Phi) is 9.21. The molecule has 3 aromatic carbocycles. The molecule has 2 amide bonds. The maximum absolute atomic E-state index is 13.6. The largest absolute Gasteiger partial charge is 0.460 e. The first kappa shape index (κ1) is 26.0. The average molecular weight is 496 g/mol. The van der Waals surface area contributed by atoms with Crippen LogP contribution in [0.5, 0.6) is 0 Å².